The molecular weight excluding hydrogens is 446 g/mol. The van der Waals surface area contributed by atoms with Crippen LogP contribution in [0.1, 0.15) is 16.1 Å². The van der Waals surface area contributed by atoms with E-state index < -0.39 is 5.91 Å². The molecule has 150 valence electrons. The van der Waals surface area contributed by atoms with E-state index in [2.05, 4.69) is 26.3 Å². The maximum absolute atomic E-state index is 13.1. The molecule has 0 atom stereocenters. The zero-order valence-corrected chi connectivity index (χ0v) is 17.9. The van der Waals surface area contributed by atoms with Gasteiger partial charge in [-0.1, -0.05) is 30.3 Å². The third-order valence-corrected chi connectivity index (χ3v) is 5.35. The number of carbonyl (C=O) groups excluding carboxylic acids is 1. The Morgan fingerprint density at radius 2 is 1.80 bits per heavy atom. The first kappa shape index (κ1) is 19.8. The van der Waals surface area contributed by atoms with Crippen LogP contribution in [-0.2, 0) is 0 Å². The summed E-state index contributed by atoms with van der Waals surface area (Å²) in [5.41, 5.74) is 2.04. The summed E-state index contributed by atoms with van der Waals surface area (Å²) in [6.07, 6.45) is 0. The van der Waals surface area contributed by atoms with E-state index >= 15 is 0 Å². The molecule has 1 N–H and O–H groups in total. The molecule has 0 saturated heterocycles. The summed E-state index contributed by atoms with van der Waals surface area (Å²) in [7, 11) is 1.55. The molecule has 0 spiro atoms. The second-order valence-corrected chi connectivity index (χ2v) is 7.60. The van der Waals surface area contributed by atoms with Crippen molar-refractivity contribution in [3.05, 3.63) is 92.8 Å². The second-order valence-electron chi connectivity index (χ2n) is 6.75. The highest BCUT2D eigenvalue weighted by atomic mass is 79.9. The average Bonchev–Trinajstić information content (AvgIpc) is 2.76. The van der Waals surface area contributed by atoms with Crippen molar-refractivity contribution >= 4 is 38.3 Å². The molecule has 0 bridgehead atoms. The lowest BCUT2D eigenvalue weighted by molar-refractivity contribution is 0.102. The minimum atomic E-state index is -0.410. The highest BCUT2D eigenvalue weighted by Crippen LogP contribution is 2.25. The largest absolute Gasteiger partial charge is 0.497 e. The minimum absolute atomic E-state index is 0.153. The van der Waals surface area contributed by atoms with Gasteiger partial charge in [0.15, 0.2) is 5.69 Å². The molecule has 0 radical (unpaired) electrons. The fraction of sp³-hybridized carbons (Fsp3) is 0.0870. The quantitative estimate of drug-likeness (QED) is 0.475. The number of rotatable bonds is 4. The number of carbonyl (C=O) groups is 1. The van der Waals surface area contributed by atoms with E-state index in [4.69, 9.17) is 4.74 Å². The summed E-state index contributed by atoms with van der Waals surface area (Å²) >= 11 is 3.47. The van der Waals surface area contributed by atoms with Gasteiger partial charge in [-0.25, -0.2) is 0 Å². The fourth-order valence-corrected chi connectivity index (χ4v) is 3.77. The lowest BCUT2D eigenvalue weighted by atomic mass is 10.1. The topological polar surface area (TPSA) is 73.2 Å². The standard InChI is InChI=1S/C23H18BrN3O3/c1-14-10-11-20(19(24)12-14)25-22(28)21-17-8-3-4-9-18(17)23(29)27(26-21)15-6-5-7-16(13-15)30-2/h3-13H,1-2H3,(H,25,28). The lowest BCUT2D eigenvalue weighted by Crippen LogP contribution is -2.26. The predicted octanol–water partition coefficient (Wildman–Crippen LogP) is 4.72. The van der Waals surface area contributed by atoms with Crippen LogP contribution in [0, 0.1) is 6.92 Å². The molecule has 3 aromatic carbocycles. The molecule has 0 aliphatic carbocycles. The number of benzene rings is 3. The highest BCUT2D eigenvalue weighted by Gasteiger charge is 2.18. The van der Waals surface area contributed by atoms with Crippen LogP contribution in [0.2, 0.25) is 0 Å². The summed E-state index contributed by atoms with van der Waals surface area (Å²) in [5, 5.41) is 8.18. The van der Waals surface area contributed by atoms with Crippen molar-refractivity contribution in [2.45, 2.75) is 6.92 Å². The number of hydrogen-bond donors (Lipinski definition) is 1. The maximum atomic E-state index is 13.1. The Morgan fingerprint density at radius 3 is 2.53 bits per heavy atom. The molecule has 0 saturated carbocycles. The van der Waals surface area contributed by atoms with Crippen LogP contribution in [0.25, 0.3) is 16.5 Å². The summed E-state index contributed by atoms with van der Waals surface area (Å²) in [5.74, 6) is 0.177. The number of aromatic nitrogens is 2. The third kappa shape index (κ3) is 3.71. The molecule has 0 aliphatic heterocycles. The Kier molecular flexibility index (Phi) is 5.37. The number of hydrogen-bond acceptors (Lipinski definition) is 4. The Balaban J connectivity index is 1.87. The average molecular weight is 464 g/mol. The number of halogens is 1. The van der Waals surface area contributed by atoms with Crippen molar-refractivity contribution in [2.24, 2.45) is 0 Å². The van der Waals surface area contributed by atoms with Crippen LogP contribution in [-0.4, -0.2) is 22.8 Å². The number of amides is 1. The maximum Gasteiger partial charge on any atom is 0.279 e. The summed E-state index contributed by atoms with van der Waals surface area (Å²) in [4.78, 5) is 26.2. The van der Waals surface area contributed by atoms with E-state index in [1.54, 1.807) is 55.6 Å². The molecule has 4 aromatic rings. The first-order chi connectivity index (χ1) is 14.5. The van der Waals surface area contributed by atoms with Crippen molar-refractivity contribution < 1.29 is 9.53 Å². The summed E-state index contributed by atoms with van der Waals surface area (Å²) < 4.78 is 7.25. The highest BCUT2D eigenvalue weighted by molar-refractivity contribution is 9.10. The zero-order chi connectivity index (χ0) is 21.3. The Bertz CT molecular complexity index is 1330. The minimum Gasteiger partial charge on any atom is -0.497 e. The summed E-state index contributed by atoms with van der Waals surface area (Å²) in [6, 6.07) is 19.6. The van der Waals surface area contributed by atoms with Crippen LogP contribution in [0.4, 0.5) is 5.69 Å². The van der Waals surface area contributed by atoms with Gasteiger partial charge < -0.3 is 10.1 Å². The second kappa shape index (κ2) is 8.12. The van der Waals surface area contributed by atoms with E-state index in [9.17, 15) is 9.59 Å². The van der Waals surface area contributed by atoms with Gasteiger partial charge in [0.1, 0.15) is 5.75 Å². The van der Waals surface area contributed by atoms with E-state index in [1.165, 1.54) is 4.68 Å². The lowest BCUT2D eigenvalue weighted by Gasteiger charge is -2.13. The molecular formula is C23H18BrN3O3. The molecule has 7 heteroatoms. The fourth-order valence-electron chi connectivity index (χ4n) is 3.18. The van der Waals surface area contributed by atoms with E-state index in [0.29, 0.717) is 27.9 Å². The predicted molar refractivity (Wildman–Crippen MR) is 121 cm³/mol. The first-order valence-corrected chi connectivity index (χ1v) is 10.0. The Morgan fingerprint density at radius 1 is 1.03 bits per heavy atom. The molecule has 1 heterocycles. The number of aryl methyl sites for hydroxylation is 1. The van der Waals surface area contributed by atoms with Gasteiger partial charge in [0, 0.05) is 15.9 Å². The van der Waals surface area contributed by atoms with Gasteiger partial charge >= 0.3 is 0 Å². The van der Waals surface area contributed by atoms with Crippen molar-refractivity contribution in [3.63, 3.8) is 0 Å². The SMILES string of the molecule is COc1cccc(-n2nc(C(=O)Nc3ccc(C)cc3Br)c3ccccc3c2=O)c1. The van der Waals surface area contributed by atoms with Gasteiger partial charge in [-0.3, -0.25) is 9.59 Å². The van der Waals surface area contributed by atoms with Crippen molar-refractivity contribution in [1.29, 1.82) is 0 Å². The monoisotopic (exact) mass is 463 g/mol. The number of methoxy groups -OCH3 is 1. The van der Waals surface area contributed by atoms with Crippen molar-refractivity contribution in [1.82, 2.24) is 9.78 Å². The van der Waals surface area contributed by atoms with E-state index in [1.807, 2.05) is 25.1 Å². The number of ether oxygens (including phenoxy) is 1. The van der Waals surface area contributed by atoms with Crippen molar-refractivity contribution in [2.75, 3.05) is 12.4 Å². The molecule has 30 heavy (non-hydrogen) atoms. The van der Waals surface area contributed by atoms with E-state index in [-0.39, 0.29) is 11.3 Å². The van der Waals surface area contributed by atoms with Gasteiger partial charge in [-0.2, -0.15) is 9.78 Å². The number of fused-ring (bicyclic) bond motifs is 1. The number of anilines is 1. The van der Waals surface area contributed by atoms with Crippen LogP contribution < -0.4 is 15.6 Å². The number of nitrogens with zero attached hydrogens (tertiary/aromatic N) is 2. The van der Waals surface area contributed by atoms with Gasteiger partial charge in [0.25, 0.3) is 11.5 Å². The van der Waals surface area contributed by atoms with Gasteiger partial charge in [-0.05, 0) is 58.7 Å². The molecule has 0 aliphatic rings. The zero-order valence-electron chi connectivity index (χ0n) is 16.3. The smallest absolute Gasteiger partial charge is 0.279 e. The van der Waals surface area contributed by atoms with Gasteiger partial charge in [0.05, 0.1) is 23.9 Å². The van der Waals surface area contributed by atoms with E-state index in [0.717, 1.165) is 10.0 Å². The molecule has 1 aromatic heterocycles. The van der Waals surface area contributed by atoms with Crippen molar-refractivity contribution in [3.8, 4) is 11.4 Å². The van der Waals surface area contributed by atoms with Gasteiger partial charge in [-0.15, -0.1) is 0 Å². The Labute approximate surface area is 181 Å². The van der Waals surface area contributed by atoms with Crippen LogP contribution in [0.5, 0.6) is 5.75 Å². The van der Waals surface area contributed by atoms with Gasteiger partial charge in [0.2, 0.25) is 0 Å². The number of nitrogens with one attached hydrogen (secondary N) is 1. The van der Waals surface area contributed by atoms with Crippen LogP contribution >= 0.6 is 15.9 Å². The molecule has 0 fully saturated rings. The molecule has 6 nitrogen and oxygen atoms in total. The normalized spacial score (nSPS) is 10.8. The molecule has 4 rings (SSSR count). The molecule has 0 unspecified atom stereocenters. The third-order valence-electron chi connectivity index (χ3n) is 4.69. The Hall–Kier alpha value is -3.45. The first-order valence-electron chi connectivity index (χ1n) is 9.22. The summed E-state index contributed by atoms with van der Waals surface area (Å²) in [6.45, 7) is 1.97. The van der Waals surface area contributed by atoms with Crippen LogP contribution in [0.3, 0.4) is 0 Å². The van der Waals surface area contributed by atoms with Crippen LogP contribution in [0.15, 0.2) is 76.0 Å². The molecule has 1 amide bonds.